The number of ether oxygens (including phenoxy) is 6. The summed E-state index contributed by atoms with van der Waals surface area (Å²) in [6.45, 7) is 8.07. The number of hydrogen-bond donors (Lipinski definition) is 0. The van der Waals surface area contributed by atoms with Gasteiger partial charge in [-0.15, -0.1) is 0 Å². The van der Waals surface area contributed by atoms with E-state index in [9.17, 15) is 19.2 Å². The number of carbonyl (C=O) groups excluding carboxylic acids is 4. The molecule has 0 N–H and O–H groups in total. The van der Waals surface area contributed by atoms with Gasteiger partial charge in [0.15, 0.2) is 0 Å². The van der Waals surface area contributed by atoms with E-state index in [0.29, 0.717) is 24.7 Å². The van der Waals surface area contributed by atoms with Gasteiger partial charge < -0.3 is 28.4 Å². The molecule has 44 heavy (non-hydrogen) atoms. The highest BCUT2D eigenvalue weighted by atomic mass is 16.6. The summed E-state index contributed by atoms with van der Waals surface area (Å²) in [5.41, 5.74) is 0.303. The van der Waals surface area contributed by atoms with Crippen LogP contribution in [0.15, 0.2) is 79.4 Å². The third kappa shape index (κ3) is 10.6. The van der Waals surface area contributed by atoms with Crippen LogP contribution in [0.1, 0.15) is 70.6 Å². The van der Waals surface area contributed by atoms with Gasteiger partial charge in [0, 0.05) is 6.08 Å². The molecule has 10 heteroatoms. The molecule has 0 atom stereocenters. The van der Waals surface area contributed by atoms with Gasteiger partial charge in [0.1, 0.15) is 41.8 Å². The molecule has 0 aliphatic carbocycles. The van der Waals surface area contributed by atoms with Crippen LogP contribution in [0.3, 0.4) is 0 Å². The predicted molar refractivity (Wildman–Crippen MR) is 161 cm³/mol. The first kappa shape index (κ1) is 33.4. The fraction of sp³-hybridized carbons (Fsp3) is 0.294. The molecule has 0 radical (unpaired) electrons. The molecule has 0 heterocycles. The monoisotopic (exact) mass is 604 g/mol. The van der Waals surface area contributed by atoms with Crippen LogP contribution >= 0.6 is 0 Å². The second-order valence-electron chi connectivity index (χ2n) is 9.40. The summed E-state index contributed by atoms with van der Waals surface area (Å²) in [7, 11) is 0. The van der Waals surface area contributed by atoms with Crippen LogP contribution in [-0.2, 0) is 14.3 Å². The minimum absolute atomic E-state index is 0.0108. The van der Waals surface area contributed by atoms with Crippen LogP contribution < -0.4 is 18.9 Å². The van der Waals surface area contributed by atoms with Gasteiger partial charge in [-0.1, -0.05) is 33.3 Å². The van der Waals surface area contributed by atoms with Crippen molar-refractivity contribution in [3.63, 3.8) is 0 Å². The first-order chi connectivity index (χ1) is 21.3. The zero-order valence-corrected chi connectivity index (χ0v) is 24.9. The quantitative estimate of drug-likeness (QED) is 0.0743. The standard InChI is InChI=1S/C34H36O10/c1-4-7-19-39-26-13-9-24(10-14-26)32(36)43-28-17-18-30(29(23-28)34(38)42-22-21-41-31(35)6-3)44-33(37)25-11-15-27(16-12-25)40-20-8-5-2/h6,9-18,23H,3-5,7-8,19-22H2,1-2H3. The zero-order chi connectivity index (χ0) is 31.7. The van der Waals surface area contributed by atoms with Crippen molar-refractivity contribution >= 4 is 23.9 Å². The first-order valence-electron chi connectivity index (χ1n) is 14.3. The van der Waals surface area contributed by atoms with Gasteiger partial charge in [-0.3, -0.25) is 0 Å². The number of rotatable bonds is 17. The smallest absolute Gasteiger partial charge is 0.343 e. The van der Waals surface area contributed by atoms with E-state index >= 15 is 0 Å². The summed E-state index contributed by atoms with van der Waals surface area (Å²) in [4.78, 5) is 49.9. The fourth-order valence-corrected chi connectivity index (χ4v) is 3.60. The van der Waals surface area contributed by atoms with Gasteiger partial charge >= 0.3 is 23.9 Å². The molecule has 0 saturated heterocycles. The zero-order valence-electron chi connectivity index (χ0n) is 24.9. The minimum atomic E-state index is -0.895. The molecule has 0 aromatic heterocycles. The van der Waals surface area contributed by atoms with E-state index in [0.717, 1.165) is 31.8 Å². The average molecular weight is 605 g/mol. The molecule has 0 aliphatic heterocycles. The maximum atomic E-state index is 13.0. The number of carbonyl (C=O) groups is 4. The Labute approximate surface area is 256 Å². The molecule has 3 rings (SSSR count). The van der Waals surface area contributed by atoms with Gasteiger partial charge in [-0.05, 0) is 79.6 Å². The Morgan fingerprint density at radius 2 is 1.11 bits per heavy atom. The summed E-state index contributed by atoms with van der Waals surface area (Å²) in [6.07, 6.45) is 4.80. The molecule has 3 aromatic carbocycles. The maximum Gasteiger partial charge on any atom is 0.343 e. The van der Waals surface area contributed by atoms with Gasteiger partial charge in [0.2, 0.25) is 0 Å². The van der Waals surface area contributed by atoms with Crippen LogP contribution in [0, 0.1) is 0 Å². The van der Waals surface area contributed by atoms with Crippen molar-refractivity contribution in [3.8, 4) is 23.0 Å². The second kappa shape index (κ2) is 17.7. The molecule has 232 valence electrons. The summed E-state index contributed by atoms with van der Waals surface area (Å²) >= 11 is 0. The number of benzene rings is 3. The van der Waals surface area contributed by atoms with Gasteiger partial charge in [0.25, 0.3) is 0 Å². The molecule has 3 aromatic rings. The molecule has 0 bridgehead atoms. The SMILES string of the molecule is C=CC(=O)OCCOC(=O)c1cc(OC(=O)c2ccc(OCCCC)cc2)ccc1OC(=O)c1ccc(OCCCC)cc1. The maximum absolute atomic E-state index is 13.0. The molecule has 10 nitrogen and oxygen atoms in total. The van der Waals surface area contributed by atoms with Gasteiger partial charge in [0.05, 0.1) is 24.3 Å². The van der Waals surface area contributed by atoms with Crippen molar-refractivity contribution in [2.45, 2.75) is 39.5 Å². The molecule has 0 spiro atoms. The molecule has 0 unspecified atom stereocenters. The fourth-order valence-electron chi connectivity index (χ4n) is 3.60. The third-order valence-corrected chi connectivity index (χ3v) is 6.02. The summed E-state index contributed by atoms with van der Waals surface area (Å²) in [6, 6.07) is 16.8. The lowest BCUT2D eigenvalue weighted by Gasteiger charge is -2.13. The topological polar surface area (TPSA) is 124 Å². The Morgan fingerprint density at radius 3 is 1.64 bits per heavy atom. The van der Waals surface area contributed by atoms with Crippen molar-refractivity contribution in [1.29, 1.82) is 0 Å². The van der Waals surface area contributed by atoms with E-state index in [-0.39, 0.29) is 41.4 Å². The predicted octanol–water partition coefficient (Wildman–Crippen LogP) is 6.37. The van der Waals surface area contributed by atoms with E-state index < -0.39 is 23.9 Å². The van der Waals surface area contributed by atoms with Crippen molar-refractivity contribution in [3.05, 3.63) is 96.1 Å². The van der Waals surface area contributed by atoms with Crippen LogP contribution in [0.25, 0.3) is 0 Å². The Bertz CT molecular complexity index is 1410. The molecule has 0 fully saturated rings. The molecule has 0 saturated carbocycles. The molecule has 0 amide bonds. The van der Waals surface area contributed by atoms with Crippen LogP contribution in [0.5, 0.6) is 23.0 Å². The Balaban J connectivity index is 1.75. The van der Waals surface area contributed by atoms with E-state index in [2.05, 4.69) is 20.4 Å². The highest BCUT2D eigenvalue weighted by Gasteiger charge is 2.21. The van der Waals surface area contributed by atoms with Gasteiger partial charge in [-0.25, -0.2) is 19.2 Å². The largest absolute Gasteiger partial charge is 0.494 e. The van der Waals surface area contributed by atoms with Crippen molar-refractivity contribution in [1.82, 2.24) is 0 Å². The van der Waals surface area contributed by atoms with Crippen molar-refractivity contribution < 1.29 is 47.6 Å². The number of hydrogen-bond acceptors (Lipinski definition) is 10. The summed E-state index contributed by atoms with van der Waals surface area (Å²) in [5, 5.41) is 0. The van der Waals surface area contributed by atoms with Crippen LogP contribution in [-0.4, -0.2) is 50.3 Å². The average Bonchev–Trinajstić information content (AvgIpc) is 3.04. The van der Waals surface area contributed by atoms with E-state index in [4.69, 9.17) is 28.4 Å². The number of unbranched alkanes of at least 4 members (excludes halogenated alkanes) is 2. The first-order valence-corrected chi connectivity index (χ1v) is 14.3. The highest BCUT2D eigenvalue weighted by Crippen LogP contribution is 2.27. The molecule has 0 aliphatic rings. The minimum Gasteiger partial charge on any atom is -0.494 e. The van der Waals surface area contributed by atoms with Gasteiger partial charge in [-0.2, -0.15) is 0 Å². The second-order valence-corrected chi connectivity index (χ2v) is 9.40. The van der Waals surface area contributed by atoms with E-state index in [1.54, 1.807) is 48.5 Å². The van der Waals surface area contributed by atoms with Crippen LogP contribution in [0.2, 0.25) is 0 Å². The third-order valence-electron chi connectivity index (χ3n) is 6.02. The Kier molecular flexibility index (Phi) is 13.5. The van der Waals surface area contributed by atoms with Crippen molar-refractivity contribution in [2.24, 2.45) is 0 Å². The molecular formula is C34H36O10. The van der Waals surface area contributed by atoms with E-state index in [1.807, 2.05) is 0 Å². The Morgan fingerprint density at radius 1 is 0.614 bits per heavy atom. The van der Waals surface area contributed by atoms with Crippen LogP contribution in [0.4, 0.5) is 0 Å². The lowest BCUT2D eigenvalue weighted by atomic mass is 10.1. The molecular weight excluding hydrogens is 568 g/mol. The number of esters is 4. The Hall–Kier alpha value is -5.12. The van der Waals surface area contributed by atoms with E-state index in [1.165, 1.54) is 18.2 Å². The summed E-state index contributed by atoms with van der Waals surface area (Å²) < 4.78 is 32.3. The lowest BCUT2D eigenvalue weighted by molar-refractivity contribution is -0.138. The lowest BCUT2D eigenvalue weighted by Crippen LogP contribution is -2.16. The van der Waals surface area contributed by atoms with Crippen molar-refractivity contribution in [2.75, 3.05) is 26.4 Å². The normalized spacial score (nSPS) is 10.3. The summed E-state index contributed by atoms with van der Waals surface area (Å²) in [5.74, 6) is -1.85. The highest BCUT2D eigenvalue weighted by molar-refractivity contribution is 5.97.